The van der Waals surface area contributed by atoms with Crippen molar-refractivity contribution in [2.75, 3.05) is 18.5 Å². The lowest BCUT2D eigenvalue weighted by Gasteiger charge is -2.22. The predicted octanol–water partition coefficient (Wildman–Crippen LogP) is 2.64. The summed E-state index contributed by atoms with van der Waals surface area (Å²) in [5.41, 5.74) is 2.35. The first-order chi connectivity index (χ1) is 13.8. The fourth-order valence-corrected chi connectivity index (χ4v) is 3.44. The van der Waals surface area contributed by atoms with Crippen molar-refractivity contribution in [3.63, 3.8) is 0 Å². The van der Waals surface area contributed by atoms with Crippen LogP contribution in [0.2, 0.25) is 0 Å². The molecule has 3 N–H and O–H groups in total. The van der Waals surface area contributed by atoms with Crippen molar-refractivity contribution in [3.05, 3.63) is 64.5 Å². The molecule has 0 spiro atoms. The Balaban J connectivity index is 1.67. The summed E-state index contributed by atoms with van der Waals surface area (Å²) in [5.74, 6) is 0.594. The summed E-state index contributed by atoms with van der Waals surface area (Å²) in [6.45, 7) is 1.40. The third-order valence-corrected chi connectivity index (χ3v) is 4.86. The van der Waals surface area contributed by atoms with Crippen LogP contribution in [0, 0.1) is 5.41 Å². The molecule has 3 heterocycles. The number of nitrogens with zero attached hydrogens (tertiary/aromatic N) is 3. The molecule has 8 nitrogen and oxygen atoms in total. The van der Waals surface area contributed by atoms with Gasteiger partial charge in [-0.15, -0.1) is 0 Å². The van der Waals surface area contributed by atoms with E-state index in [2.05, 4.69) is 15.4 Å². The summed E-state index contributed by atoms with van der Waals surface area (Å²) < 4.78 is 7.30. The zero-order valence-corrected chi connectivity index (χ0v) is 15.4. The number of para-hydroxylation sites is 1. The van der Waals surface area contributed by atoms with Crippen LogP contribution in [0.1, 0.15) is 30.3 Å². The number of allylic oxidation sites excluding steroid dienone is 1. The third-order valence-electron chi connectivity index (χ3n) is 4.86. The molecule has 0 aliphatic carbocycles. The number of rotatable bonds is 6. The molecule has 1 aromatic carbocycles. The van der Waals surface area contributed by atoms with Crippen LogP contribution in [0.3, 0.4) is 0 Å². The Morgan fingerprint density at radius 1 is 1.32 bits per heavy atom. The minimum absolute atomic E-state index is 0.174. The van der Waals surface area contributed by atoms with E-state index in [1.807, 2.05) is 28.9 Å². The van der Waals surface area contributed by atoms with Gasteiger partial charge in [-0.25, -0.2) is 9.67 Å². The molecule has 1 aliphatic rings. The zero-order chi connectivity index (χ0) is 19.3. The topological polar surface area (TPSA) is 109 Å². The van der Waals surface area contributed by atoms with Gasteiger partial charge in [0.05, 0.1) is 12.2 Å². The normalized spacial score (nSPS) is 15.3. The van der Waals surface area contributed by atoms with E-state index >= 15 is 0 Å². The zero-order valence-electron chi connectivity index (χ0n) is 15.4. The van der Waals surface area contributed by atoms with Gasteiger partial charge in [0.1, 0.15) is 11.2 Å². The summed E-state index contributed by atoms with van der Waals surface area (Å²) in [6, 6.07) is 8.02. The molecule has 1 fully saturated rings. The Hall–Kier alpha value is -3.26. The van der Waals surface area contributed by atoms with E-state index in [4.69, 9.17) is 15.1 Å². The molecule has 2 aromatic heterocycles. The lowest BCUT2D eigenvalue weighted by molar-refractivity contribution is 0.0673. The number of ether oxygens (including phenoxy) is 1. The Morgan fingerprint density at radius 3 is 2.96 bits per heavy atom. The number of nitrogens with one attached hydrogen (secondary N) is 3. The van der Waals surface area contributed by atoms with E-state index in [1.165, 1.54) is 6.21 Å². The van der Waals surface area contributed by atoms with E-state index in [-0.39, 0.29) is 11.6 Å². The average Bonchev–Trinajstić information content (AvgIpc) is 3.15. The SMILES string of the molecule is N=C/C=C\Nc1ccccc1Cc1nc2c(cnn2C2CCOCC2)c(=O)[nH]1. The minimum Gasteiger partial charge on any atom is -0.381 e. The highest BCUT2D eigenvalue weighted by molar-refractivity contribution is 5.73. The van der Waals surface area contributed by atoms with E-state index in [1.54, 1.807) is 18.5 Å². The van der Waals surface area contributed by atoms with Crippen LogP contribution in [0.15, 0.2) is 47.5 Å². The summed E-state index contributed by atoms with van der Waals surface area (Å²) in [6.07, 6.45) is 8.32. The fourth-order valence-electron chi connectivity index (χ4n) is 3.44. The Labute approximate surface area is 161 Å². The van der Waals surface area contributed by atoms with Crippen LogP contribution in [-0.2, 0) is 11.2 Å². The highest BCUT2D eigenvalue weighted by atomic mass is 16.5. The first kappa shape index (κ1) is 18.1. The number of benzene rings is 1. The number of aromatic amines is 1. The lowest BCUT2D eigenvalue weighted by Crippen LogP contribution is -2.21. The Bertz CT molecular complexity index is 1060. The van der Waals surface area contributed by atoms with Gasteiger partial charge in [-0.05, 0) is 30.5 Å². The Morgan fingerprint density at radius 2 is 2.14 bits per heavy atom. The first-order valence-corrected chi connectivity index (χ1v) is 9.30. The first-order valence-electron chi connectivity index (χ1n) is 9.30. The number of hydrogen-bond donors (Lipinski definition) is 3. The van der Waals surface area contributed by atoms with Crippen molar-refractivity contribution in [2.24, 2.45) is 0 Å². The lowest BCUT2D eigenvalue weighted by atomic mass is 10.1. The van der Waals surface area contributed by atoms with E-state index in [0.717, 1.165) is 24.1 Å². The predicted molar refractivity (Wildman–Crippen MR) is 108 cm³/mol. The second-order valence-corrected chi connectivity index (χ2v) is 6.69. The van der Waals surface area contributed by atoms with Crippen LogP contribution in [0.5, 0.6) is 0 Å². The molecular weight excluding hydrogens is 356 g/mol. The molecule has 28 heavy (non-hydrogen) atoms. The second kappa shape index (κ2) is 8.18. The van der Waals surface area contributed by atoms with Gasteiger partial charge in [-0.2, -0.15) is 5.10 Å². The smallest absolute Gasteiger partial charge is 0.262 e. The van der Waals surface area contributed by atoms with E-state index in [0.29, 0.717) is 36.5 Å². The number of fused-ring (bicyclic) bond motifs is 1. The van der Waals surface area contributed by atoms with Crippen LogP contribution in [0.4, 0.5) is 5.69 Å². The summed E-state index contributed by atoms with van der Waals surface area (Å²) in [4.78, 5) is 20.2. The molecule has 8 heteroatoms. The molecule has 0 bridgehead atoms. The summed E-state index contributed by atoms with van der Waals surface area (Å²) in [5, 5.41) is 15.2. The number of anilines is 1. The maximum absolute atomic E-state index is 12.6. The van der Waals surface area contributed by atoms with E-state index < -0.39 is 0 Å². The molecule has 144 valence electrons. The van der Waals surface area contributed by atoms with Gasteiger partial charge < -0.3 is 20.4 Å². The van der Waals surface area contributed by atoms with E-state index in [9.17, 15) is 4.79 Å². The van der Waals surface area contributed by atoms with Crippen molar-refractivity contribution < 1.29 is 4.74 Å². The van der Waals surface area contributed by atoms with Crippen LogP contribution in [0.25, 0.3) is 11.0 Å². The molecule has 0 unspecified atom stereocenters. The maximum atomic E-state index is 12.6. The number of hydrogen-bond acceptors (Lipinski definition) is 6. The van der Waals surface area contributed by atoms with Gasteiger partial charge in [-0.3, -0.25) is 4.79 Å². The largest absolute Gasteiger partial charge is 0.381 e. The van der Waals surface area contributed by atoms with Gasteiger partial charge in [0.25, 0.3) is 5.56 Å². The standard InChI is InChI=1S/C20H22N6O2/c21-8-3-9-22-17-5-2-1-4-14(17)12-18-24-19-16(20(27)25-18)13-23-26(19)15-6-10-28-11-7-15/h1-5,8-9,13,15,21-22H,6-7,10-12H2,(H,24,25,27)/b9-3-,21-8?. The summed E-state index contributed by atoms with van der Waals surface area (Å²) >= 11 is 0. The molecule has 4 rings (SSSR count). The minimum atomic E-state index is -0.174. The fraction of sp³-hybridized carbons (Fsp3) is 0.300. The van der Waals surface area contributed by atoms with Crippen molar-refractivity contribution in [1.82, 2.24) is 19.7 Å². The highest BCUT2D eigenvalue weighted by Gasteiger charge is 2.20. The molecule has 0 radical (unpaired) electrons. The van der Waals surface area contributed by atoms with Crippen LogP contribution >= 0.6 is 0 Å². The van der Waals surface area contributed by atoms with Crippen LogP contribution in [-0.4, -0.2) is 39.2 Å². The summed E-state index contributed by atoms with van der Waals surface area (Å²) in [7, 11) is 0. The van der Waals surface area contributed by atoms with Crippen molar-refractivity contribution in [3.8, 4) is 0 Å². The monoisotopic (exact) mass is 378 g/mol. The quantitative estimate of drug-likeness (QED) is 0.572. The van der Waals surface area contributed by atoms with Gasteiger partial charge in [0.15, 0.2) is 5.65 Å². The molecule has 3 aromatic rings. The van der Waals surface area contributed by atoms with Gasteiger partial charge >= 0.3 is 0 Å². The van der Waals surface area contributed by atoms with Crippen LogP contribution < -0.4 is 10.9 Å². The average molecular weight is 378 g/mol. The van der Waals surface area contributed by atoms with Crippen molar-refractivity contribution >= 4 is 22.9 Å². The Kier molecular flexibility index (Phi) is 5.29. The van der Waals surface area contributed by atoms with Gasteiger partial charge in [-0.1, -0.05) is 18.2 Å². The van der Waals surface area contributed by atoms with Gasteiger partial charge in [0.2, 0.25) is 0 Å². The maximum Gasteiger partial charge on any atom is 0.262 e. The molecule has 1 saturated heterocycles. The molecule has 1 aliphatic heterocycles. The van der Waals surface area contributed by atoms with Crippen molar-refractivity contribution in [2.45, 2.75) is 25.3 Å². The molecule has 0 atom stereocenters. The van der Waals surface area contributed by atoms with Crippen molar-refractivity contribution in [1.29, 1.82) is 5.41 Å². The molecular formula is C20H22N6O2. The third kappa shape index (κ3) is 3.72. The van der Waals surface area contributed by atoms with Gasteiger partial charge in [0, 0.05) is 37.7 Å². The molecule has 0 saturated carbocycles. The second-order valence-electron chi connectivity index (χ2n) is 6.69. The number of H-pyrrole nitrogens is 1. The number of aromatic nitrogens is 4. The molecule has 0 amide bonds. The highest BCUT2D eigenvalue weighted by Crippen LogP contribution is 2.24.